The average molecular weight is 172 g/mol. The second kappa shape index (κ2) is 51.4. The van der Waals surface area contributed by atoms with Crippen LogP contribution in [0.25, 0.3) is 0 Å². The first-order valence-electron chi connectivity index (χ1n) is 0. The Bertz CT molecular complexity index is 6.00. The van der Waals surface area contributed by atoms with Gasteiger partial charge in [0.1, 0.15) is 0 Å². The number of hydrogen-bond donors (Lipinski definition) is 0. The number of hydrogen-bond acceptors (Lipinski definition) is 2. The molecule has 2 nitrogen and oxygen atoms in total. The largest absolute Gasteiger partial charge is 0.870 e. The summed E-state index contributed by atoms with van der Waals surface area (Å²) in [6.45, 7) is 0. The minimum Gasteiger partial charge on any atom is -0.870 e. The zero-order valence-corrected chi connectivity index (χ0v) is 3.89. The normalized spacial score (nSPS) is 0. The van der Waals surface area contributed by atoms with E-state index in [2.05, 4.69) is 0 Å². The molecule has 0 fully saturated rings. The molecule has 0 aliphatic rings. The third kappa shape index (κ3) is 15.2. The molecule has 0 atom stereocenters. The van der Waals surface area contributed by atoms with Crippen LogP contribution in [0, 0.1) is 0 Å². The Morgan fingerprint density at radius 3 is 0.750 bits per heavy atom. The summed E-state index contributed by atoms with van der Waals surface area (Å²) in [6, 6.07) is 0. The molecule has 0 rings (SSSR count). The Morgan fingerprint density at radius 2 is 0.750 bits per heavy atom. The van der Waals surface area contributed by atoms with Crippen LogP contribution >= 0.6 is 0 Å². The van der Waals surface area contributed by atoms with Crippen molar-refractivity contribution in [1.29, 1.82) is 0 Å². The summed E-state index contributed by atoms with van der Waals surface area (Å²) in [4.78, 5) is 0. The van der Waals surface area contributed by atoms with E-state index in [4.69, 9.17) is 0 Å². The molecule has 0 unspecified atom stereocenters. The van der Waals surface area contributed by atoms with Crippen LogP contribution in [-0.2, 0) is 0 Å². The summed E-state index contributed by atoms with van der Waals surface area (Å²) in [7, 11) is 0. The van der Waals surface area contributed by atoms with E-state index in [0.717, 1.165) is 0 Å². The molecule has 0 aromatic carbocycles. The minimum absolute atomic E-state index is 0. The van der Waals surface area contributed by atoms with Crippen molar-refractivity contribution >= 4 is 24.4 Å². The van der Waals surface area contributed by atoms with Gasteiger partial charge in [0.15, 0.2) is 0 Å². The summed E-state index contributed by atoms with van der Waals surface area (Å²) in [5.41, 5.74) is 0. The molecule has 2 N–H and O–H groups in total. The van der Waals surface area contributed by atoms with Crippen LogP contribution in [0.15, 0.2) is 0 Å². The molecule has 0 saturated carbocycles. The van der Waals surface area contributed by atoms with Gasteiger partial charge in [-0.2, -0.15) is 0 Å². The van der Waals surface area contributed by atoms with E-state index in [1.54, 1.807) is 0 Å². The first-order valence-corrected chi connectivity index (χ1v) is 0. The van der Waals surface area contributed by atoms with Crippen LogP contribution in [-0.4, -0.2) is 35.4 Å². The topological polar surface area (TPSA) is 60.0 Å². The average Bonchev–Trinajstić information content (AvgIpc) is 0. The van der Waals surface area contributed by atoms with Crippen LogP contribution in [0.1, 0.15) is 7.43 Å². The SMILES string of the molecule is C.[OH-].[OH-].[Sb]. The van der Waals surface area contributed by atoms with E-state index in [1.807, 2.05) is 0 Å². The molecule has 0 aliphatic heterocycles. The molecule has 0 saturated heterocycles. The van der Waals surface area contributed by atoms with Crippen molar-refractivity contribution < 1.29 is 11.0 Å². The van der Waals surface area contributed by atoms with E-state index < -0.39 is 0 Å². The fourth-order valence-electron chi connectivity index (χ4n) is 0. The molecule has 0 spiro atoms. The van der Waals surface area contributed by atoms with E-state index in [-0.39, 0.29) is 42.8 Å². The smallest absolute Gasteiger partial charge is 0 e. The zero-order chi connectivity index (χ0) is 0. The van der Waals surface area contributed by atoms with E-state index in [1.165, 1.54) is 0 Å². The van der Waals surface area contributed by atoms with Gasteiger partial charge in [-0.25, -0.2) is 0 Å². The minimum atomic E-state index is 0. The van der Waals surface area contributed by atoms with Gasteiger partial charge >= 0.3 is 0 Å². The number of rotatable bonds is 0. The summed E-state index contributed by atoms with van der Waals surface area (Å²) in [5.74, 6) is 0. The second-order valence-electron chi connectivity index (χ2n) is 0. The molecule has 0 aliphatic carbocycles. The first kappa shape index (κ1) is 122. The molecule has 0 amide bonds. The maximum absolute atomic E-state index is 0. The summed E-state index contributed by atoms with van der Waals surface area (Å²) >= 11 is 0. The third-order valence-corrected chi connectivity index (χ3v) is 0. The van der Waals surface area contributed by atoms with Crippen molar-refractivity contribution in [3.63, 3.8) is 0 Å². The van der Waals surface area contributed by atoms with E-state index in [9.17, 15) is 0 Å². The molecule has 3 heteroatoms. The van der Waals surface area contributed by atoms with Gasteiger partial charge in [-0.1, -0.05) is 7.43 Å². The second-order valence-corrected chi connectivity index (χ2v) is 0. The molecule has 0 bridgehead atoms. The Kier molecular flexibility index (Phi) is 1560. The van der Waals surface area contributed by atoms with Crippen LogP contribution in [0.4, 0.5) is 0 Å². The van der Waals surface area contributed by atoms with Gasteiger partial charge in [-0.05, 0) is 0 Å². The van der Waals surface area contributed by atoms with Gasteiger partial charge in [0.25, 0.3) is 0 Å². The quantitative estimate of drug-likeness (QED) is 0.479. The third-order valence-electron chi connectivity index (χ3n) is 0. The summed E-state index contributed by atoms with van der Waals surface area (Å²) < 4.78 is 0. The Hall–Kier alpha value is 0.738. The predicted octanol–water partition coefficient (Wildman–Crippen LogP) is -0.0983. The molecule has 0 aromatic rings. The van der Waals surface area contributed by atoms with Crippen molar-refractivity contribution in [3.8, 4) is 0 Å². The van der Waals surface area contributed by atoms with Gasteiger partial charge < -0.3 is 11.0 Å². The summed E-state index contributed by atoms with van der Waals surface area (Å²) in [5, 5.41) is 0. The Balaban J connectivity index is 0. The van der Waals surface area contributed by atoms with Crippen molar-refractivity contribution in [1.82, 2.24) is 0 Å². The Morgan fingerprint density at radius 1 is 0.750 bits per heavy atom. The van der Waals surface area contributed by atoms with Gasteiger partial charge in [0.2, 0.25) is 0 Å². The van der Waals surface area contributed by atoms with Gasteiger partial charge in [0.05, 0.1) is 0 Å². The molecule has 4 heavy (non-hydrogen) atoms. The van der Waals surface area contributed by atoms with Gasteiger partial charge in [-0.3, -0.25) is 0 Å². The molecule has 3 radical (unpaired) electrons. The van der Waals surface area contributed by atoms with Crippen molar-refractivity contribution in [2.75, 3.05) is 0 Å². The standard InChI is InChI=1S/CH4.2H2O.Sb/h1H4;2*1H2;/p-2. The zero-order valence-electron chi connectivity index (χ0n) is 1.34. The van der Waals surface area contributed by atoms with Crippen molar-refractivity contribution in [2.45, 2.75) is 7.43 Å². The predicted molar refractivity (Wildman–Crippen MR) is 16.4 cm³/mol. The monoisotopic (exact) mass is 171 g/mol. The molecule has 0 aromatic heterocycles. The maximum atomic E-state index is 0. The van der Waals surface area contributed by atoms with Crippen LogP contribution < -0.4 is 0 Å². The summed E-state index contributed by atoms with van der Waals surface area (Å²) in [6.07, 6.45) is 0. The molecule has 29 valence electrons. The van der Waals surface area contributed by atoms with Crippen LogP contribution in [0.5, 0.6) is 0 Å². The van der Waals surface area contributed by atoms with E-state index >= 15 is 0 Å². The first-order chi connectivity index (χ1) is 0. The maximum Gasteiger partial charge on any atom is 0 e. The van der Waals surface area contributed by atoms with Gasteiger partial charge in [0, 0.05) is 24.4 Å². The van der Waals surface area contributed by atoms with Crippen LogP contribution in [0.3, 0.4) is 0 Å². The Labute approximate surface area is 43.3 Å². The van der Waals surface area contributed by atoms with Crippen molar-refractivity contribution in [3.05, 3.63) is 0 Å². The fourth-order valence-corrected chi connectivity index (χ4v) is 0. The van der Waals surface area contributed by atoms with E-state index in [0.29, 0.717) is 0 Å². The molecule has 0 heterocycles. The van der Waals surface area contributed by atoms with Gasteiger partial charge in [-0.15, -0.1) is 0 Å². The van der Waals surface area contributed by atoms with Crippen LogP contribution in [0.2, 0.25) is 0 Å². The van der Waals surface area contributed by atoms with Crippen molar-refractivity contribution in [2.24, 2.45) is 0 Å². The molecular formula is CH6O2Sb-2. The molecular weight excluding hydrogens is 166 g/mol. The fraction of sp³-hybridized carbons (Fsp3) is 1.00.